The van der Waals surface area contributed by atoms with Crippen LogP contribution in [0.15, 0.2) is 30.9 Å². The van der Waals surface area contributed by atoms with Gasteiger partial charge in [-0.25, -0.2) is 0 Å². The van der Waals surface area contributed by atoms with Gasteiger partial charge < -0.3 is 10.6 Å². The van der Waals surface area contributed by atoms with E-state index in [9.17, 15) is 4.79 Å². The second-order valence-electron chi connectivity index (χ2n) is 4.89. The first-order valence-corrected chi connectivity index (χ1v) is 6.98. The molecule has 0 atom stereocenters. The SMILES string of the molecule is C=CCN(C(=O)c1cccc(N)c1Cl)C1CCCC1. The largest absolute Gasteiger partial charge is 0.398 e. The van der Waals surface area contributed by atoms with E-state index < -0.39 is 0 Å². The molecule has 4 heteroatoms. The lowest BCUT2D eigenvalue weighted by Crippen LogP contribution is -2.39. The van der Waals surface area contributed by atoms with E-state index in [1.54, 1.807) is 24.3 Å². The molecule has 2 N–H and O–H groups in total. The lowest BCUT2D eigenvalue weighted by Gasteiger charge is -2.28. The third kappa shape index (κ3) is 2.92. The smallest absolute Gasteiger partial charge is 0.255 e. The van der Waals surface area contributed by atoms with E-state index in [1.165, 1.54) is 12.8 Å². The standard InChI is InChI=1S/C15H19ClN2O/c1-2-10-18(11-6-3-4-7-11)15(19)12-8-5-9-13(17)14(12)16/h2,5,8-9,11H,1,3-4,6-7,10,17H2. The van der Waals surface area contributed by atoms with Crippen LogP contribution < -0.4 is 5.73 Å². The summed E-state index contributed by atoms with van der Waals surface area (Å²) in [5, 5.41) is 0.347. The van der Waals surface area contributed by atoms with Crippen LogP contribution in [0.5, 0.6) is 0 Å². The van der Waals surface area contributed by atoms with Gasteiger partial charge in [-0.2, -0.15) is 0 Å². The second kappa shape index (κ2) is 6.11. The number of hydrogen-bond donors (Lipinski definition) is 1. The maximum atomic E-state index is 12.6. The van der Waals surface area contributed by atoms with Crippen LogP contribution in [-0.4, -0.2) is 23.4 Å². The molecule has 1 aromatic carbocycles. The van der Waals surface area contributed by atoms with Crippen molar-refractivity contribution in [2.24, 2.45) is 0 Å². The molecule has 1 saturated carbocycles. The minimum atomic E-state index is -0.0518. The maximum Gasteiger partial charge on any atom is 0.255 e. The highest BCUT2D eigenvalue weighted by Crippen LogP contribution is 2.28. The van der Waals surface area contributed by atoms with Gasteiger partial charge in [0.1, 0.15) is 0 Å². The Labute approximate surface area is 119 Å². The first-order valence-electron chi connectivity index (χ1n) is 6.61. The van der Waals surface area contributed by atoms with Gasteiger partial charge in [0.05, 0.1) is 16.3 Å². The van der Waals surface area contributed by atoms with Gasteiger partial charge in [-0.15, -0.1) is 6.58 Å². The van der Waals surface area contributed by atoms with Crippen molar-refractivity contribution < 1.29 is 4.79 Å². The van der Waals surface area contributed by atoms with Crippen LogP contribution in [0.25, 0.3) is 0 Å². The molecule has 0 radical (unpaired) electrons. The van der Waals surface area contributed by atoms with Crippen LogP contribution >= 0.6 is 11.6 Å². The molecule has 0 bridgehead atoms. The number of amides is 1. The Morgan fingerprint density at radius 3 is 2.79 bits per heavy atom. The van der Waals surface area contributed by atoms with Crippen LogP contribution in [-0.2, 0) is 0 Å². The highest BCUT2D eigenvalue weighted by Gasteiger charge is 2.27. The molecule has 0 heterocycles. The molecular weight excluding hydrogens is 260 g/mol. The summed E-state index contributed by atoms with van der Waals surface area (Å²) in [5.41, 5.74) is 6.69. The van der Waals surface area contributed by atoms with Gasteiger partial charge in [0, 0.05) is 12.6 Å². The van der Waals surface area contributed by atoms with Crippen LogP contribution in [0, 0.1) is 0 Å². The van der Waals surface area contributed by atoms with Gasteiger partial charge in [0.2, 0.25) is 0 Å². The Balaban J connectivity index is 2.28. The molecule has 0 unspecified atom stereocenters. The van der Waals surface area contributed by atoms with E-state index >= 15 is 0 Å². The predicted molar refractivity (Wildman–Crippen MR) is 79.4 cm³/mol. The van der Waals surface area contributed by atoms with Crippen molar-refractivity contribution in [1.29, 1.82) is 0 Å². The van der Waals surface area contributed by atoms with Crippen LogP contribution in [0.4, 0.5) is 5.69 Å². The molecule has 1 fully saturated rings. The number of carbonyl (C=O) groups excluding carboxylic acids is 1. The van der Waals surface area contributed by atoms with Gasteiger partial charge in [-0.05, 0) is 25.0 Å². The normalized spacial score (nSPS) is 15.4. The molecule has 0 aliphatic heterocycles. The number of hydrogen-bond acceptors (Lipinski definition) is 2. The zero-order valence-corrected chi connectivity index (χ0v) is 11.7. The van der Waals surface area contributed by atoms with Crippen LogP contribution in [0.2, 0.25) is 5.02 Å². The zero-order chi connectivity index (χ0) is 13.8. The predicted octanol–water partition coefficient (Wildman–Crippen LogP) is 3.49. The molecule has 2 rings (SSSR count). The molecule has 0 spiro atoms. The summed E-state index contributed by atoms with van der Waals surface area (Å²) < 4.78 is 0. The summed E-state index contributed by atoms with van der Waals surface area (Å²) in [6.07, 6.45) is 6.22. The van der Waals surface area contributed by atoms with Crippen molar-refractivity contribution in [3.63, 3.8) is 0 Å². The van der Waals surface area contributed by atoms with Crippen molar-refractivity contribution in [2.45, 2.75) is 31.7 Å². The number of anilines is 1. The minimum absolute atomic E-state index is 0.0518. The molecule has 3 nitrogen and oxygen atoms in total. The monoisotopic (exact) mass is 278 g/mol. The molecule has 1 amide bonds. The third-order valence-electron chi connectivity index (χ3n) is 3.61. The zero-order valence-electron chi connectivity index (χ0n) is 10.9. The fourth-order valence-corrected chi connectivity index (χ4v) is 2.83. The van der Waals surface area contributed by atoms with Gasteiger partial charge in [0.25, 0.3) is 5.91 Å². The molecule has 1 aromatic rings. The van der Waals surface area contributed by atoms with E-state index in [4.69, 9.17) is 17.3 Å². The van der Waals surface area contributed by atoms with Crippen LogP contribution in [0.1, 0.15) is 36.0 Å². The Bertz CT molecular complexity index is 481. The summed E-state index contributed by atoms with van der Waals surface area (Å²) in [6, 6.07) is 5.48. The highest BCUT2D eigenvalue weighted by atomic mass is 35.5. The summed E-state index contributed by atoms with van der Waals surface area (Å²) in [4.78, 5) is 14.5. The molecule has 1 aliphatic rings. The van der Waals surface area contributed by atoms with Crippen molar-refractivity contribution in [3.8, 4) is 0 Å². The minimum Gasteiger partial charge on any atom is -0.398 e. The van der Waals surface area contributed by atoms with Gasteiger partial charge in [0.15, 0.2) is 0 Å². The summed E-state index contributed by atoms with van der Waals surface area (Å²) >= 11 is 6.14. The molecule has 0 saturated heterocycles. The molecule has 0 aromatic heterocycles. The van der Waals surface area contributed by atoms with Gasteiger partial charge >= 0.3 is 0 Å². The molecule has 102 valence electrons. The summed E-state index contributed by atoms with van der Waals surface area (Å²) in [7, 11) is 0. The van der Waals surface area contributed by atoms with Crippen molar-refractivity contribution in [1.82, 2.24) is 4.90 Å². The van der Waals surface area contributed by atoms with E-state index in [1.807, 2.05) is 4.90 Å². The lowest BCUT2D eigenvalue weighted by atomic mass is 10.1. The van der Waals surface area contributed by atoms with Crippen molar-refractivity contribution >= 4 is 23.2 Å². The second-order valence-corrected chi connectivity index (χ2v) is 5.27. The van der Waals surface area contributed by atoms with Gasteiger partial charge in [-0.3, -0.25) is 4.79 Å². The molecular formula is C15H19ClN2O. The average Bonchev–Trinajstić information content (AvgIpc) is 2.92. The van der Waals surface area contributed by atoms with Crippen molar-refractivity contribution in [2.75, 3.05) is 12.3 Å². The lowest BCUT2D eigenvalue weighted by molar-refractivity contribution is 0.0707. The Morgan fingerprint density at radius 2 is 2.16 bits per heavy atom. The fourth-order valence-electron chi connectivity index (χ4n) is 2.62. The summed E-state index contributed by atoms with van der Waals surface area (Å²) in [5.74, 6) is -0.0518. The van der Waals surface area contributed by atoms with E-state index in [0.29, 0.717) is 28.9 Å². The first-order chi connectivity index (χ1) is 9.15. The fraction of sp³-hybridized carbons (Fsp3) is 0.400. The van der Waals surface area contributed by atoms with E-state index in [-0.39, 0.29) is 5.91 Å². The topological polar surface area (TPSA) is 46.3 Å². The molecule has 19 heavy (non-hydrogen) atoms. The number of nitrogens with zero attached hydrogens (tertiary/aromatic N) is 1. The van der Waals surface area contributed by atoms with Crippen molar-refractivity contribution in [3.05, 3.63) is 41.4 Å². The Morgan fingerprint density at radius 1 is 1.47 bits per heavy atom. The van der Waals surface area contributed by atoms with Gasteiger partial charge in [-0.1, -0.05) is 36.6 Å². The quantitative estimate of drug-likeness (QED) is 0.677. The Kier molecular flexibility index (Phi) is 4.48. The summed E-state index contributed by atoms with van der Waals surface area (Å²) in [6.45, 7) is 4.29. The third-order valence-corrected chi connectivity index (χ3v) is 4.03. The number of rotatable bonds is 4. The van der Waals surface area contributed by atoms with Crippen LogP contribution in [0.3, 0.4) is 0 Å². The molecule has 1 aliphatic carbocycles. The number of benzene rings is 1. The van der Waals surface area contributed by atoms with E-state index in [2.05, 4.69) is 6.58 Å². The number of carbonyl (C=O) groups is 1. The first kappa shape index (κ1) is 13.9. The number of nitrogen functional groups attached to an aromatic ring is 1. The maximum absolute atomic E-state index is 12.6. The average molecular weight is 279 g/mol. The Hall–Kier alpha value is -1.48. The number of nitrogens with two attached hydrogens (primary N) is 1. The number of halogens is 1. The van der Waals surface area contributed by atoms with E-state index in [0.717, 1.165) is 12.8 Å². The highest BCUT2D eigenvalue weighted by molar-refractivity contribution is 6.36.